The van der Waals surface area contributed by atoms with Gasteiger partial charge in [0, 0.05) is 18.9 Å². The number of carbonyl (C=O) groups is 1. The molecule has 1 unspecified atom stereocenters. The number of rotatable bonds is 5. The van der Waals surface area contributed by atoms with Gasteiger partial charge < -0.3 is 10.4 Å². The molecule has 2 rings (SSSR count). The SMILES string of the molecule is CC(C)(C)CC(CNc1nccn2cnnc12)C(=O)O. The van der Waals surface area contributed by atoms with Crippen LogP contribution < -0.4 is 5.32 Å². The Hall–Kier alpha value is -2.18. The van der Waals surface area contributed by atoms with Gasteiger partial charge in [0.25, 0.3) is 0 Å². The fraction of sp³-hybridized carbons (Fsp3) is 0.538. The van der Waals surface area contributed by atoms with Gasteiger partial charge >= 0.3 is 5.97 Å². The first-order valence-corrected chi connectivity index (χ1v) is 6.48. The molecule has 0 amide bonds. The van der Waals surface area contributed by atoms with Crippen molar-refractivity contribution < 1.29 is 9.90 Å². The summed E-state index contributed by atoms with van der Waals surface area (Å²) in [7, 11) is 0. The summed E-state index contributed by atoms with van der Waals surface area (Å²) in [5, 5.41) is 20.1. The smallest absolute Gasteiger partial charge is 0.308 e. The largest absolute Gasteiger partial charge is 0.481 e. The molecule has 7 heteroatoms. The third kappa shape index (κ3) is 3.43. The molecule has 0 aliphatic carbocycles. The maximum atomic E-state index is 11.3. The number of nitrogens with one attached hydrogen (secondary N) is 1. The van der Waals surface area contributed by atoms with Gasteiger partial charge in [-0.1, -0.05) is 20.8 Å². The summed E-state index contributed by atoms with van der Waals surface area (Å²) in [6.07, 6.45) is 5.53. The van der Waals surface area contributed by atoms with Crippen LogP contribution in [0.3, 0.4) is 0 Å². The van der Waals surface area contributed by atoms with Crippen LogP contribution in [0, 0.1) is 11.3 Å². The molecule has 0 fully saturated rings. The van der Waals surface area contributed by atoms with E-state index in [1.54, 1.807) is 23.1 Å². The summed E-state index contributed by atoms with van der Waals surface area (Å²) in [6.45, 7) is 6.40. The van der Waals surface area contributed by atoms with Gasteiger partial charge in [-0.25, -0.2) is 4.98 Å². The number of aliphatic carboxylic acids is 1. The third-order valence-electron chi connectivity index (χ3n) is 2.94. The number of hydrogen-bond acceptors (Lipinski definition) is 5. The van der Waals surface area contributed by atoms with Gasteiger partial charge in [0.2, 0.25) is 5.65 Å². The Morgan fingerprint density at radius 2 is 2.25 bits per heavy atom. The lowest BCUT2D eigenvalue weighted by Crippen LogP contribution is -2.27. The van der Waals surface area contributed by atoms with E-state index in [0.717, 1.165) is 0 Å². The number of fused-ring (bicyclic) bond motifs is 1. The molecular weight excluding hydrogens is 258 g/mol. The Bertz CT molecular complexity index is 602. The van der Waals surface area contributed by atoms with E-state index in [2.05, 4.69) is 20.5 Å². The summed E-state index contributed by atoms with van der Waals surface area (Å²) in [4.78, 5) is 15.5. The van der Waals surface area contributed by atoms with Gasteiger partial charge in [0.15, 0.2) is 5.82 Å². The zero-order valence-corrected chi connectivity index (χ0v) is 11.9. The Kier molecular flexibility index (Phi) is 3.87. The lowest BCUT2D eigenvalue weighted by molar-refractivity contribution is -0.142. The van der Waals surface area contributed by atoms with E-state index >= 15 is 0 Å². The van der Waals surface area contributed by atoms with Gasteiger partial charge in [-0.05, 0) is 11.8 Å². The highest BCUT2D eigenvalue weighted by Crippen LogP contribution is 2.25. The van der Waals surface area contributed by atoms with Crippen molar-refractivity contribution in [3.05, 3.63) is 18.7 Å². The Morgan fingerprint density at radius 1 is 1.50 bits per heavy atom. The normalized spacial score (nSPS) is 13.3. The third-order valence-corrected chi connectivity index (χ3v) is 2.94. The van der Waals surface area contributed by atoms with E-state index in [1.165, 1.54) is 0 Å². The minimum absolute atomic E-state index is 0.0426. The monoisotopic (exact) mass is 277 g/mol. The van der Waals surface area contributed by atoms with Gasteiger partial charge in [0.1, 0.15) is 6.33 Å². The highest BCUT2D eigenvalue weighted by Gasteiger charge is 2.24. The van der Waals surface area contributed by atoms with Crippen molar-refractivity contribution in [2.75, 3.05) is 11.9 Å². The maximum Gasteiger partial charge on any atom is 0.308 e. The van der Waals surface area contributed by atoms with Crippen LogP contribution in [-0.2, 0) is 4.79 Å². The van der Waals surface area contributed by atoms with Crippen molar-refractivity contribution in [2.45, 2.75) is 27.2 Å². The molecule has 2 aromatic rings. The highest BCUT2D eigenvalue weighted by atomic mass is 16.4. The number of aromatic nitrogens is 4. The predicted molar refractivity (Wildman–Crippen MR) is 74.5 cm³/mol. The van der Waals surface area contributed by atoms with Crippen LogP contribution in [0.25, 0.3) is 5.65 Å². The molecule has 7 nitrogen and oxygen atoms in total. The minimum Gasteiger partial charge on any atom is -0.481 e. The van der Waals surface area contributed by atoms with Crippen LogP contribution in [-0.4, -0.2) is 37.2 Å². The average molecular weight is 277 g/mol. The maximum absolute atomic E-state index is 11.3. The number of hydrogen-bond donors (Lipinski definition) is 2. The van der Waals surface area contributed by atoms with Crippen molar-refractivity contribution in [1.82, 2.24) is 19.6 Å². The van der Waals surface area contributed by atoms with E-state index in [9.17, 15) is 9.90 Å². The Labute approximate surface area is 117 Å². The van der Waals surface area contributed by atoms with E-state index in [0.29, 0.717) is 24.4 Å². The molecule has 2 aromatic heterocycles. The predicted octanol–water partition coefficient (Wildman–Crippen LogP) is 1.67. The molecule has 2 heterocycles. The lowest BCUT2D eigenvalue weighted by atomic mass is 9.84. The molecule has 108 valence electrons. The van der Waals surface area contributed by atoms with Crippen LogP contribution in [0.5, 0.6) is 0 Å². The second-order valence-electron chi connectivity index (χ2n) is 6.02. The molecule has 0 bridgehead atoms. The molecule has 0 aromatic carbocycles. The molecular formula is C13H19N5O2. The molecule has 20 heavy (non-hydrogen) atoms. The van der Waals surface area contributed by atoms with Crippen LogP contribution in [0.15, 0.2) is 18.7 Å². The fourth-order valence-electron chi connectivity index (χ4n) is 2.09. The zero-order valence-electron chi connectivity index (χ0n) is 11.9. The summed E-state index contributed by atoms with van der Waals surface area (Å²) >= 11 is 0. The highest BCUT2D eigenvalue weighted by molar-refractivity contribution is 5.71. The number of nitrogens with zero attached hydrogens (tertiary/aromatic N) is 4. The lowest BCUT2D eigenvalue weighted by Gasteiger charge is -2.23. The Morgan fingerprint density at radius 3 is 2.90 bits per heavy atom. The number of carboxylic acid groups (broad SMARTS) is 1. The van der Waals surface area contributed by atoms with Crippen LogP contribution in [0.1, 0.15) is 27.2 Å². The van der Waals surface area contributed by atoms with Crippen molar-refractivity contribution in [3.8, 4) is 0 Å². The van der Waals surface area contributed by atoms with E-state index in [4.69, 9.17) is 0 Å². The molecule has 0 aliphatic heterocycles. The fourth-order valence-corrected chi connectivity index (χ4v) is 2.09. The zero-order chi connectivity index (χ0) is 14.8. The van der Waals surface area contributed by atoms with Crippen molar-refractivity contribution in [3.63, 3.8) is 0 Å². The second kappa shape index (κ2) is 5.44. The second-order valence-corrected chi connectivity index (χ2v) is 6.02. The molecule has 0 spiro atoms. The first kappa shape index (κ1) is 14.2. The topological polar surface area (TPSA) is 92.4 Å². The van der Waals surface area contributed by atoms with Crippen LogP contribution in [0.4, 0.5) is 5.82 Å². The average Bonchev–Trinajstić information content (AvgIpc) is 2.81. The molecule has 0 radical (unpaired) electrons. The molecule has 0 saturated heterocycles. The van der Waals surface area contributed by atoms with E-state index in [-0.39, 0.29) is 5.41 Å². The van der Waals surface area contributed by atoms with Gasteiger partial charge in [-0.3, -0.25) is 9.20 Å². The summed E-state index contributed by atoms with van der Waals surface area (Å²) < 4.78 is 1.73. The summed E-state index contributed by atoms with van der Waals surface area (Å²) in [6, 6.07) is 0. The van der Waals surface area contributed by atoms with Gasteiger partial charge in [-0.2, -0.15) is 0 Å². The molecule has 0 aliphatic rings. The quantitative estimate of drug-likeness (QED) is 0.863. The number of anilines is 1. The van der Waals surface area contributed by atoms with Crippen molar-refractivity contribution >= 4 is 17.4 Å². The molecule has 1 atom stereocenters. The van der Waals surface area contributed by atoms with E-state index < -0.39 is 11.9 Å². The summed E-state index contributed by atoms with van der Waals surface area (Å²) in [5.74, 6) is -0.731. The van der Waals surface area contributed by atoms with Gasteiger partial charge in [-0.15, -0.1) is 10.2 Å². The first-order valence-electron chi connectivity index (χ1n) is 6.48. The van der Waals surface area contributed by atoms with E-state index in [1.807, 2.05) is 20.8 Å². The van der Waals surface area contributed by atoms with Gasteiger partial charge in [0.05, 0.1) is 5.92 Å². The first-order chi connectivity index (χ1) is 9.37. The molecule has 0 saturated carbocycles. The molecule has 2 N–H and O–H groups in total. The van der Waals surface area contributed by atoms with Crippen molar-refractivity contribution in [2.24, 2.45) is 11.3 Å². The minimum atomic E-state index is -0.805. The number of carboxylic acids is 1. The summed E-state index contributed by atoms with van der Waals surface area (Å²) in [5.41, 5.74) is 0.548. The van der Waals surface area contributed by atoms with Crippen molar-refractivity contribution in [1.29, 1.82) is 0 Å². The Balaban J connectivity index is 2.09. The standard InChI is InChI=1S/C13H19N5O2/c1-13(2,3)6-9(12(19)20)7-15-10-11-17-16-8-18(11)5-4-14-10/h4-5,8-9H,6-7H2,1-3H3,(H,14,15)(H,19,20). The van der Waals surface area contributed by atoms with Crippen LogP contribution >= 0.6 is 0 Å². The van der Waals surface area contributed by atoms with Crippen LogP contribution in [0.2, 0.25) is 0 Å².